The van der Waals surface area contributed by atoms with E-state index in [2.05, 4.69) is 15.3 Å². The van der Waals surface area contributed by atoms with E-state index in [1.165, 1.54) is 11.8 Å². The predicted molar refractivity (Wildman–Crippen MR) is 91.9 cm³/mol. The first-order valence-electron chi connectivity index (χ1n) is 7.45. The summed E-state index contributed by atoms with van der Waals surface area (Å²) in [5.41, 5.74) is 6.92. The Morgan fingerprint density at radius 2 is 2.00 bits per heavy atom. The van der Waals surface area contributed by atoms with E-state index >= 15 is 0 Å². The molecule has 2 heterocycles. The van der Waals surface area contributed by atoms with E-state index in [0.717, 1.165) is 11.3 Å². The van der Waals surface area contributed by atoms with Gasteiger partial charge in [0.1, 0.15) is 10.8 Å². The molecule has 2 N–H and O–H groups in total. The van der Waals surface area contributed by atoms with Gasteiger partial charge in [-0.15, -0.1) is 10.2 Å². The number of primary amides is 1. The number of aromatic nitrogens is 4. The lowest BCUT2D eigenvalue weighted by atomic mass is 10.2. The maximum atomic E-state index is 11.4. The second kappa shape index (κ2) is 6.88. The molecule has 0 aliphatic rings. The highest BCUT2D eigenvalue weighted by Crippen LogP contribution is 2.25. The maximum absolute atomic E-state index is 11.4. The van der Waals surface area contributed by atoms with Crippen molar-refractivity contribution in [2.45, 2.75) is 23.6 Å². The maximum Gasteiger partial charge on any atom is 0.230 e. The lowest BCUT2D eigenvalue weighted by Crippen LogP contribution is -2.25. The molecule has 0 bridgehead atoms. The molecule has 7 nitrogen and oxygen atoms in total. The molecule has 0 spiro atoms. The lowest BCUT2D eigenvalue weighted by Gasteiger charge is -2.09. The van der Waals surface area contributed by atoms with Crippen molar-refractivity contribution in [1.29, 1.82) is 0 Å². The van der Waals surface area contributed by atoms with Crippen molar-refractivity contribution in [3.63, 3.8) is 0 Å². The van der Waals surface area contributed by atoms with E-state index in [9.17, 15) is 4.79 Å². The second-order valence-electron chi connectivity index (χ2n) is 5.11. The summed E-state index contributed by atoms with van der Waals surface area (Å²) in [6, 6.07) is 11.1. The zero-order valence-electron chi connectivity index (χ0n) is 13.3. The molecule has 0 aliphatic carbocycles. The number of ether oxygens (including phenoxy) is 1. The number of rotatable bonds is 6. The Morgan fingerprint density at radius 3 is 2.62 bits per heavy atom. The van der Waals surface area contributed by atoms with E-state index in [0.29, 0.717) is 22.9 Å². The fourth-order valence-corrected chi connectivity index (χ4v) is 3.09. The summed E-state index contributed by atoms with van der Waals surface area (Å²) in [6.45, 7) is 1.92. The number of nitrogens with zero attached hydrogens (tertiary/aromatic N) is 4. The summed E-state index contributed by atoms with van der Waals surface area (Å²) in [5.74, 6) is 1.05. The van der Waals surface area contributed by atoms with Gasteiger partial charge in [-0.25, -0.2) is 0 Å². The number of carbonyl (C=O) groups is 1. The van der Waals surface area contributed by atoms with Crippen LogP contribution in [0.15, 0.2) is 41.4 Å². The molecule has 3 aromatic rings. The minimum atomic E-state index is -0.344. The Hall–Kier alpha value is -2.61. The van der Waals surface area contributed by atoms with Gasteiger partial charge in [0.15, 0.2) is 11.5 Å². The van der Waals surface area contributed by atoms with Crippen molar-refractivity contribution in [2.24, 2.45) is 5.73 Å². The monoisotopic (exact) mass is 343 g/mol. The van der Waals surface area contributed by atoms with Crippen molar-refractivity contribution in [2.75, 3.05) is 7.11 Å². The van der Waals surface area contributed by atoms with Gasteiger partial charge >= 0.3 is 0 Å². The number of hydrogen-bond donors (Lipinski definition) is 1. The van der Waals surface area contributed by atoms with Crippen LogP contribution in [0, 0.1) is 0 Å². The van der Waals surface area contributed by atoms with Gasteiger partial charge in [-0.3, -0.25) is 4.79 Å². The summed E-state index contributed by atoms with van der Waals surface area (Å²) in [5, 5.41) is 13.3. The lowest BCUT2D eigenvalue weighted by molar-refractivity contribution is -0.117. The number of thioether (sulfide) groups is 1. The summed E-state index contributed by atoms with van der Waals surface area (Å²) in [7, 11) is 1.62. The molecule has 8 heteroatoms. The van der Waals surface area contributed by atoms with Gasteiger partial charge < -0.3 is 10.5 Å². The molecule has 1 atom stereocenters. The first kappa shape index (κ1) is 16.3. The molecule has 1 amide bonds. The third-order valence-electron chi connectivity index (χ3n) is 3.54. The van der Waals surface area contributed by atoms with Gasteiger partial charge in [-0.05, 0) is 42.8 Å². The number of benzene rings is 1. The normalized spacial score (nSPS) is 12.2. The molecule has 1 aromatic carbocycles. The molecule has 0 fully saturated rings. The Balaban J connectivity index is 1.97. The number of fused-ring (bicyclic) bond motifs is 1. The molecular weight excluding hydrogens is 326 g/mol. The fraction of sp³-hybridized carbons (Fsp3) is 0.250. The van der Waals surface area contributed by atoms with E-state index in [-0.39, 0.29) is 11.2 Å². The first-order chi connectivity index (χ1) is 11.6. The highest BCUT2D eigenvalue weighted by Gasteiger charge is 2.17. The van der Waals surface area contributed by atoms with Crippen LogP contribution in [0.3, 0.4) is 0 Å². The van der Waals surface area contributed by atoms with Crippen molar-refractivity contribution in [3.8, 4) is 17.1 Å². The van der Waals surface area contributed by atoms with Crippen LogP contribution in [0.25, 0.3) is 17.0 Å². The number of carbonyl (C=O) groups excluding carboxylic acids is 1. The van der Waals surface area contributed by atoms with Crippen LogP contribution in [0.2, 0.25) is 0 Å². The van der Waals surface area contributed by atoms with Crippen molar-refractivity contribution in [1.82, 2.24) is 19.8 Å². The molecule has 124 valence electrons. The van der Waals surface area contributed by atoms with Gasteiger partial charge in [-0.1, -0.05) is 18.7 Å². The molecule has 0 saturated heterocycles. The third kappa shape index (κ3) is 3.18. The average molecular weight is 343 g/mol. The van der Waals surface area contributed by atoms with Crippen molar-refractivity contribution < 1.29 is 9.53 Å². The second-order valence-corrected chi connectivity index (χ2v) is 6.33. The number of amides is 1. The molecule has 0 unspecified atom stereocenters. The molecular formula is C16H17N5O2S. The standard InChI is InChI=1S/C16H17N5O2S/c1-3-12(15(17)22)24-14-9-8-13-18-19-16(21(13)20-14)10-4-6-11(23-2)7-5-10/h4-9,12H,3H2,1-2H3,(H2,17,22)/t12-/m1/s1. The van der Waals surface area contributed by atoms with E-state index in [1.807, 2.05) is 43.3 Å². The van der Waals surface area contributed by atoms with E-state index in [1.54, 1.807) is 11.6 Å². The van der Waals surface area contributed by atoms with Gasteiger partial charge in [-0.2, -0.15) is 9.61 Å². The quantitative estimate of drug-likeness (QED) is 0.689. The van der Waals surface area contributed by atoms with Crippen LogP contribution < -0.4 is 10.5 Å². The fourth-order valence-electron chi connectivity index (χ4n) is 2.24. The van der Waals surface area contributed by atoms with Gasteiger partial charge in [0.05, 0.1) is 12.4 Å². The molecule has 3 rings (SSSR count). The highest BCUT2D eigenvalue weighted by atomic mass is 32.2. The summed E-state index contributed by atoms with van der Waals surface area (Å²) < 4.78 is 6.83. The smallest absolute Gasteiger partial charge is 0.230 e. The van der Waals surface area contributed by atoms with Gasteiger partial charge in [0, 0.05) is 5.56 Å². The number of nitrogens with two attached hydrogens (primary N) is 1. The highest BCUT2D eigenvalue weighted by molar-refractivity contribution is 8.00. The average Bonchev–Trinajstić information content (AvgIpc) is 3.02. The van der Waals surface area contributed by atoms with E-state index in [4.69, 9.17) is 10.5 Å². The minimum Gasteiger partial charge on any atom is -0.497 e. The van der Waals surface area contributed by atoms with E-state index < -0.39 is 0 Å². The topological polar surface area (TPSA) is 95.4 Å². The Labute approximate surface area is 143 Å². The summed E-state index contributed by atoms with van der Waals surface area (Å²) in [4.78, 5) is 11.4. The Kier molecular flexibility index (Phi) is 4.66. The number of hydrogen-bond acceptors (Lipinski definition) is 6. The zero-order chi connectivity index (χ0) is 17.1. The first-order valence-corrected chi connectivity index (χ1v) is 8.33. The summed E-state index contributed by atoms with van der Waals surface area (Å²) >= 11 is 1.34. The van der Waals surface area contributed by atoms with Crippen molar-refractivity contribution in [3.05, 3.63) is 36.4 Å². The SMILES string of the molecule is CC[C@@H](Sc1ccc2nnc(-c3ccc(OC)cc3)n2n1)C(N)=O. The van der Waals surface area contributed by atoms with Gasteiger partial charge in [0.2, 0.25) is 5.91 Å². The number of methoxy groups -OCH3 is 1. The predicted octanol–water partition coefficient (Wildman–Crippen LogP) is 2.16. The van der Waals surface area contributed by atoms with Gasteiger partial charge in [0.25, 0.3) is 0 Å². The van der Waals surface area contributed by atoms with Crippen LogP contribution >= 0.6 is 11.8 Å². The molecule has 2 aromatic heterocycles. The van der Waals surface area contributed by atoms with Crippen molar-refractivity contribution >= 4 is 23.3 Å². The van der Waals surface area contributed by atoms with Crippen LogP contribution in [-0.4, -0.2) is 38.1 Å². The van der Waals surface area contributed by atoms with Crippen LogP contribution in [0.5, 0.6) is 5.75 Å². The van der Waals surface area contributed by atoms with Crippen LogP contribution in [-0.2, 0) is 4.79 Å². The third-order valence-corrected chi connectivity index (χ3v) is 4.85. The molecule has 0 aliphatic heterocycles. The summed E-state index contributed by atoms with van der Waals surface area (Å²) in [6.07, 6.45) is 0.646. The molecule has 24 heavy (non-hydrogen) atoms. The molecule has 0 saturated carbocycles. The zero-order valence-corrected chi connectivity index (χ0v) is 14.2. The van der Waals surface area contributed by atoms with Crippen LogP contribution in [0.1, 0.15) is 13.3 Å². The Morgan fingerprint density at radius 1 is 1.25 bits per heavy atom. The molecule has 0 radical (unpaired) electrons. The largest absolute Gasteiger partial charge is 0.497 e. The minimum absolute atomic E-state index is 0.309. The Bertz CT molecular complexity index is 863. The van der Waals surface area contributed by atoms with Crippen LogP contribution in [0.4, 0.5) is 0 Å².